The topological polar surface area (TPSA) is 131 Å². The number of sulfonamides is 1. The van der Waals surface area contributed by atoms with Gasteiger partial charge in [-0.2, -0.15) is 0 Å². The number of carbonyl (C=O) groups is 2. The van der Waals surface area contributed by atoms with Crippen LogP contribution in [0.5, 0.6) is 5.75 Å². The predicted molar refractivity (Wildman–Crippen MR) is 132 cm³/mol. The molecule has 0 aliphatic heterocycles. The molecule has 1 heterocycles. The van der Waals surface area contributed by atoms with Gasteiger partial charge in [-0.1, -0.05) is 35.2 Å². The first-order valence-corrected chi connectivity index (χ1v) is 13.2. The third-order valence-electron chi connectivity index (χ3n) is 4.46. The van der Waals surface area contributed by atoms with Crippen LogP contribution in [0.2, 0.25) is 0 Å². The Morgan fingerprint density at radius 3 is 2.44 bits per heavy atom. The minimum atomic E-state index is -3.57. The quantitative estimate of drug-likeness (QED) is 0.307. The summed E-state index contributed by atoms with van der Waals surface area (Å²) in [7, 11) is 0.848. The standard InChI is InChI=1S/C21H23N5O5S3/c1-26(2)34(29,30)15-10-8-14(9-11-15)19(28)23-20-24-25-21(33-20)32-13-12-18(27)22-16-6-4-5-7-17(16)31-3/h4-11H,12-13H2,1-3H3,(H,22,27)(H,23,24,28). The number of nitrogens with one attached hydrogen (secondary N) is 2. The van der Waals surface area contributed by atoms with Crippen molar-refractivity contribution in [1.29, 1.82) is 0 Å². The second-order valence-corrected chi connectivity index (χ2v) is 11.5. The number of ether oxygens (including phenoxy) is 1. The van der Waals surface area contributed by atoms with Gasteiger partial charge < -0.3 is 10.1 Å². The van der Waals surface area contributed by atoms with E-state index in [1.54, 1.807) is 12.1 Å². The molecule has 0 fully saturated rings. The Morgan fingerprint density at radius 1 is 1.06 bits per heavy atom. The number of amides is 2. The number of methoxy groups -OCH3 is 1. The highest BCUT2D eigenvalue weighted by atomic mass is 32.2. The summed E-state index contributed by atoms with van der Waals surface area (Å²) < 4.78 is 31.2. The molecule has 0 aliphatic carbocycles. The fraction of sp³-hybridized carbons (Fsp3) is 0.238. The van der Waals surface area contributed by atoms with E-state index in [1.165, 1.54) is 68.6 Å². The van der Waals surface area contributed by atoms with Crippen LogP contribution in [0.4, 0.5) is 10.8 Å². The molecular weight excluding hydrogens is 498 g/mol. The van der Waals surface area contributed by atoms with E-state index in [0.717, 1.165) is 4.31 Å². The number of hydrogen-bond acceptors (Lipinski definition) is 9. The van der Waals surface area contributed by atoms with Crippen molar-refractivity contribution < 1.29 is 22.7 Å². The maximum absolute atomic E-state index is 12.4. The molecule has 10 nitrogen and oxygen atoms in total. The van der Waals surface area contributed by atoms with E-state index in [9.17, 15) is 18.0 Å². The van der Waals surface area contributed by atoms with Gasteiger partial charge in [0.05, 0.1) is 17.7 Å². The molecule has 0 spiro atoms. The zero-order valence-electron chi connectivity index (χ0n) is 18.6. The van der Waals surface area contributed by atoms with Crippen LogP contribution in [0.1, 0.15) is 16.8 Å². The van der Waals surface area contributed by atoms with Gasteiger partial charge in [0.1, 0.15) is 5.75 Å². The lowest BCUT2D eigenvalue weighted by molar-refractivity contribution is -0.115. The fourth-order valence-electron chi connectivity index (χ4n) is 2.67. The molecule has 2 N–H and O–H groups in total. The number of nitrogens with zero attached hydrogens (tertiary/aromatic N) is 3. The number of aromatic nitrogens is 2. The Balaban J connectivity index is 1.49. The van der Waals surface area contributed by atoms with Gasteiger partial charge in [0, 0.05) is 31.8 Å². The van der Waals surface area contributed by atoms with Gasteiger partial charge in [0.2, 0.25) is 21.1 Å². The van der Waals surface area contributed by atoms with Crippen molar-refractivity contribution >= 4 is 55.8 Å². The molecule has 0 radical (unpaired) electrons. The maximum Gasteiger partial charge on any atom is 0.257 e. The van der Waals surface area contributed by atoms with Gasteiger partial charge in [0.25, 0.3) is 5.91 Å². The Morgan fingerprint density at radius 2 is 1.76 bits per heavy atom. The summed E-state index contributed by atoms with van der Waals surface area (Å²) in [6.45, 7) is 0. The molecule has 34 heavy (non-hydrogen) atoms. The zero-order valence-corrected chi connectivity index (χ0v) is 21.1. The molecule has 180 valence electrons. The summed E-state index contributed by atoms with van der Waals surface area (Å²) in [5.41, 5.74) is 0.892. The van der Waals surface area contributed by atoms with Crippen LogP contribution in [0.25, 0.3) is 0 Å². The monoisotopic (exact) mass is 521 g/mol. The number of rotatable bonds is 10. The molecule has 0 saturated carbocycles. The first-order valence-electron chi connectivity index (χ1n) is 9.94. The van der Waals surface area contributed by atoms with E-state index >= 15 is 0 Å². The molecule has 0 aliphatic rings. The summed E-state index contributed by atoms with van der Waals surface area (Å²) in [4.78, 5) is 24.7. The average Bonchev–Trinajstić information content (AvgIpc) is 3.26. The second-order valence-electron chi connectivity index (χ2n) is 6.99. The molecule has 2 amide bonds. The molecular formula is C21H23N5O5S3. The van der Waals surface area contributed by atoms with Gasteiger partial charge in [-0.25, -0.2) is 12.7 Å². The van der Waals surface area contributed by atoms with Crippen molar-refractivity contribution in [3.05, 3.63) is 54.1 Å². The number of carbonyl (C=O) groups excluding carboxylic acids is 2. The highest BCUT2D eigenvalue weighted by molar-refractivity contribution is 8.01. The number of thioether (sulfide) groups is 1. The highest BCUT2D eigenvalue weighted by Gasteiger charge is 2.18. The van der Waals surface area contributed by atoms with Gasteiger partial charge in [-0.05, 0) is 36.4 Å². The summed E-state index contributed by atoms with van der Waals surface area (Å²) in [6, 6.07) is 12.8. The van der Waals surface area contributed by atoms with Gasteiger partial charge in [0.15, 0.2) is 4.34 Å². The van der Waals surface area contributed by atoms with E-state index in [2.05, 4.69) is 20.8 Å². The van der Waals surface area contributed by atoms with Crippen LogP contribution >= 0.6 is 23.1 Å². The predicted octanol–water partition coefficient (Wildman–Crippen LogP) is 3.17. The van der Waals surface area contributed by atoms with Crippen molar-refractivity contribution in [2.45, 2.75) is 15.7 Å². The first kappa shape index (κ1) is 25.6. The van der Waals surface area contributed by atoms with E-state index in [0.29, 0.717) is 26.7 Å². The normalized spacial score (nSPS) is 11.3. The van der Waals surface area contributed by atoms with Crippen LogP contribution in [0.3, 0.4) is 0 Å². The minimum absolute atomic E-state index is 0.0957. The number of hydrogen-bond donors (Lipinski definition) is 2. The molecule has 3 aromatic rings. The number of anilines is 2. The van der Waals surface area contributed by atoms with Crippen LogP contribution in [-0.2, 0) is 14.8 Å². The van der Waals surface area contributed by atoms with Crippen molar-refractivity contribution in [2.24, 2.45) is 0 Å². The second kappa shape index (κ2) is 11.4. The summed E-state index contributed by atoms with van der Waals surface area (Å²) >= 11 is 2.53. The smallest absolute Gasteiger partial charge is 0.257 e. The minimum Gasteiger partial charge on any atom is -0.495 e. The molecule has 1 aromatic heterocycles. The zero-order chi connectivity index (χ0) is 24.7. The Labute approximate surface area is 205 Å². The maximum atomic E-state index is 12.4. The van der Waals surface area contributed by atoms with Crippen LogP contribution in [0.15, 0.2) is 57.8 Å². The molecule has 0 bridgehead atoms. The van der Waals surface area contributed by atoms with Crippen molar-refractivity contribution in [2.75, 3.05) is 37.6 Å². The number of para-hydroxylation sites is 2. The van der Waals surface area contributed by atoms with Crippen LogP contribution in [0, 0.1) is 0 Å². The van der Waals surface area contributed by atoms with Crippen molar-refractivity contribution in [1.82, 2.24) is 14.5 Å². The highest BCUT2D eigenvalue weighted by Crippen LogP contribution is 2.27. The third kappa shape index (κ3) is 6.53. The largest absolute Gasteiger partial charge is 0.495 e. The van der Waals surface area contributed by atoms with Gasteiger partial charge >= 0.3 is 0 Å². The molecule has 2 aromatic carbocycles. The lowest BCUT2D eigenvalue weighted by Gasteiger charge is -2.11. The van der Waals surface area contributed by atoms with Crippen molar-refractivity contribution in [3.63, 3.8) is 0 Å². The Bertz CT molecular complexity index is 1260. The molecule has 0 atom stereocenters. The molecule has 3 rings (SSSR count). The summed E-state index contributed by atoms with van der Waals surface area (Å²) in [5.74, 6) is 0.472. The van der Waals surface area contributed by atoms with Crippen LogP contribution in [-0.4, -0.2) is 61.7 Å². The first-order chi connectivity index (χ1) is 16.2. The Kier molecular flexibility index (Phi) is 8.61. The SMILES string of the molecule is COc1ccccc1NC(=O)CCSc1nnc(NC(=O)c2ccc(S(=O)(=O)N(C)C)cc2)s1. The fourth-order valence-corrected chi connectivity index (χ4v) is 5.33. The van der Waals surface area contributed by atoms with Gasteiger partial charge in [-0.3, -0.25) is 14.9 Å². The lowest BCUT2D eigenvalue weighted by atomic mass is 10.2. The molecule has 0 saturated heterocycles. The lowest BCUT2D eigenvalue weighted by Crippen LogP contribution is -2.22. The Hall–Kier alpha value is -3.00. The van der Waals surface area contributed by atoms with E-state index < -0.39 is 15.9 Å². The van der Waals surface area contributed by atoms with Gasteiger partial charge in [-0.15, -0.1) is 10.2 Å². The van der Waals surface area contributed by atoms with Crippen LogP contribution < -0.4 is 15.4 Å². The third-order valence-corrected chi connectivity index (χ3v) is 8.26. The molecule has 0 unspecified atom stereocenters. The summed E-state index contributed by atoms with van der Waals surface area (Å²) in [5, 5.41) is 13.7. The number of benzene rings is 2. The van der Waals surface area contributed by atoms with E-state index in [4.69, 9.17) is 4.74 Å². The van der Waals surface area contributed by atoms with E-state index in [-0.39, 0.29) is 22.8 Å². The molecule has 13 heteroatoms. The van der Waals surface area contributed by atoms with Crippen molar-refractivity contribution in [3.8, 4) is 5.75 Å². The average molecular weight is 522 g/mol. The summed E-state index contributed by atoms with van der Waals surface area (Å²) in [6.07, 6.45) is 0.256. The van der Waals surface area contributed by atoms with E-state index in [1.807, 2.05) is 12.1 Å².